The molecule has 0 aliphatic heterocycles. The maximum atomic E-state index is 13.9. The molecule has 2 aromatic rings. The van der Waals surface area contributed by atoms with Gasteiger partial charge in [-0.05, 0) is 37.3 Å². The molecule has 27 heavy (non-hydrogen) atoms. The number of nitrogens with zero attached hydrogens (tertiary/aromatic N) is 1. The fourth-order valence-electron chi connectivity index (χ4n) is 3.09. The van der Waals surface area contributed by atoms with Crippen LogP contribution in [-0.2, 0) is 4.79 Å². The van der Waals surface area contributed by atoms with Crippen LogP contribution in [0.1, 0.15) is 49.5 Å². The quantitative estimate of drug-likeness (QED) is 0.786. The van der Waals surface area contributed by atoms with Gasteiger partial charge in [0.15, 0.2) is 0 Å². The van der Waals surface area contributed by atoms with Crippen molar-refractivity contribution in [2.45, 2.75) is 45.2 Å². The van der Waals surface area contributed by atoms with Crippen molar-refractivity contribution in [3.05, 3.63) is 45.0 Å². The minimum atomic E-state index is -1.17. The molecule has 1 aromatic carbocycles. The molecular weight excluding hydrogens is 375 g/mol. The number of carbonyl (C=O) groups is 2. The third-order valence-corrected chi connectivity index (χ3v) is 4.86. The molecule has 1 atom stereocenters. The zero-order valence-electron chi connectivity index (χ0n) is 15.0. The molecule has 0 bridgehead atoms. The molecule has 1 fully saturated rings. The highest BCUT2D eigenvalue weighted by molar-refractivity contribution is 6.31. The van der Waals surface area contributed by atoms with Crippen LogP contribution in [0.4, 0.5) is 4.39 Å². The van der Waals surface area contributed by atoms with Crippen LogP contribution in [0.5, 0.6) is 0 Å². The summed E-state index contributed by atoms with van der Waals surface area (Å²) in [5, 5.41) is 11.7. The first-order chi connectivity index (χ1) is 12.7. The van der Waals surface area contributed by atoms with Crippen LogP contribution in [-0.4, -0.2) is 27.6 Å². The van der Waals surface area contributed by atoms with Crippen molar-refractivity contribution >= 4 is 34.4 Å². The van der Waals surface area contributed by atoms with E-state index in [-0.39, 0.29) is 34.4 Å². The predicted octanol–water partition coefficient (Wildman–Crippen LogP) is 3.36. The lowest BCUT2D eigenvalue weighted by Crippen LogP contribution is -2.43. The highest BCUT2D eigenvalue weighted by atomic mass is 35.5. The minimum Gasteiger partial charge on any atom is -0.480 e. The van der Waals surface area contributed by atoms with Crippen molar-refractivity contribution in [1.82, 2.24) is 9.88 Å². The Morgan fingerprint density at radius 2 is 2.04 bits per heavy atom. The highest BCUT2D eigenvalue weighted by Crippen LogP contribution is 2.37. The van der Waals surface area contributed by atoms with Gasteiger partial charge in [-0.1, -0.05) is 25.4 Å². The highest BCUT2D eigenvalue weighted by Gasteiger charge is 2.29. The average molecular weight is 395 g/mol. The fourth-order valence-corrected chi connectivity index (χ4v) is 3.25. The molecule has 1 heterocycles. The number of carboxylic acids is 1. The normalized spacial score (nSPS) is 15.1. The first kappa shape index (κ1) is 19.4. The summed E-state index contributed by atoms with van der Waals surface area (Å²) in [7, 11) is 0. The van der Waals surface area contributed by atoms with E-state index < -0.39 is 29.2 Å². The number of fused-ring (bicyclic) bond motifs is 1. The average Bonchev–Trinajstić information content (AvgIpc) is 3.40. The number of rotatable bonds is 6. The summed E-state index contributed by atoms with van der Waals surface area (Å²) in [5.74, 6) is -2.65. The van der Waals surface area contributed by atoms with Crippen LogP contribution < -0.4 is 10.7 Å². The first-order valence-corrected chi connectivity index (χ1v) is 9.14. The molecule has 0 radical (unpaired) electrons. The van der Waals surface area contributed by atoms with E-state index in [9.17, 15) is 23.9 Å². The second-order valence-corrected chi connectivity index (χ2v) is 7.69. The van der Waals surface area contributed by atoms with Crippen LogP contribution in [0.2, 0.25) is 5.02 Å². The largest absolute Gasteiger partial charge is 0.480 e. The number of hydrogen-bond acceptors (Lipinski definition) is 3. The van der Waals surface area contributed by atoms with Gasteiger partial charge in [-0.15, -0.1) is 0 Å². The van der Waals surface area contributed by atoms with Crippen molar-refractivity contribution in [3.8, 4) is 0 Å². The molecule has 0 spiro atoms. The van der Waals surface area contributed by atoms with Crippen LogP contribution in [0.25, 0.3) is 10.9 Å². The zero-order valence-corrected chi connectivity index (χ0v) is 15.7. The number of hydrogen-bond donors (Lipinski definition) is 2. The molecule has 2 N–H and O–H groups in total. The first-order valence-electron chi connectivity index (χ1n) is 8.76. The summed E-state index contributed by atoms with van der Waals surface area (Å²) in [6.45, 7) is 3.68. The molecule has 1 aromatic heterocycles. The third kappa shape index (κ3) is 3.98. The van der Waals surface area contributed by atoms with E-state index in [0.29, 0.717) is 5.52 Å². The molecule has 1 saturated carbocycles. The molecule has 1 aliphatic rings. The number of pyridine rings is 1. The van der Waals surface area contributed by atoms with Crippen molar-refractivity contribution in [2.24, 2.45) is 5.92 Å². The Labute approximate surface area is 159 Å². The molecule has 6 nitrogen and oxygen atoms in total. The second-order valence-electron chi connectivity index (χ2n) is 7.29. The number of halogens is 2. The van der Waals surface area contributed by atoms with Gasteiger partial charge in [-0.2, -0.15) is 0 Å². The van der Waals surface area contributed by atoms with Crippen molar-refractivity contribution in [2.75, 3.05) is 0 Å². The van der Waals surface area contributed by atoms with Gasteiger partial charge in [0.1, 0.15) is 17.4 Å². The van der Waals surface area contributed by atoms with Gasteiger partial charge in [0.25, 0.3) is 5.91 Å². The number of aliphatic carboxylic acids is 1. The van der Waals surface area contributed by atoms with Crippen LogP contribution in [0.3, 0.4) is 0 Å². The van der Waals surface area contributed by atoms with Crippen LogP contribution >= 0.6 is 11.6 Å². The lowest BCUT2D eigenvalue weighted by molar-refractivity contribution is -0.139. The van der Waals surface area contributed by atoms with Crippen LogP contribution in [0, 0.1) is 11.7 Å². The van der Waals surface area contributed by atoms with E-state index in [4.69, 9.17) is 11.6 Å². The van der Waals surface area contributed by atoms with E-state index in [0.717, 1.165) is 18.9 Å². The fraction of sp³-hybridized carbons (Fsp3) is 0.421. The van der Waals surface area contributed by atoms with Crippen molar-refractivity contribution in [1.29, 1.82) is 0 Å². The maximum Gasteiger partial charge on any atom is 0.326 e. The van der Waals surface area contributed by atoms with Gasteiger partial charge < -0.3 is 15.0 Å². The lowest BCUT2D eigenvalue weighted by Gasteiger charge is -2.18. The summed E-state index contributed by atoms with van der Waals surface area (Å²) in [6.07, 6.45) is 3.40. The maximum absolute atomic E-state index is 13.9. The minimum absolute atomic E-state index is 0.0439. The zero-order chi connectivity index (χ0) is 19.9. The standard InChI is InChI=1S/C19H20ClFN2O4/c1-9(2)5-15(19(26)27)22-18(25)12-8-23(10-3-4-10)16-7-13(20)14(21)6-11(16)17(12)24/h6-10,15H,3-5H2,1-2H3,(H,22,25)(H,26,27)/t15-/m1/s1. The van der Waals surface area contributed by atoms with Gasteiger partial charge in [0, 0.05) is 17.6 Å². The van der Waals surface area contributed by atoms with Crippen molar-refractivity contribution in [3.63, 3.8) is 0 Å². The summed E-state index contributed by atoms with van der Waals surface area (Å²) in [4.78, 5) is 36.8. The Morgan fingerprint density at radius 3 is 2.59 bits per heavy atom. The van der Waals surface area contributed by atoms with Crippen molar-refractivity contribution < 1.29 is 19.1 Å². The van der Waals surface area contributed by atoms with E-state index in [1.54, 1.807) is 4.57 Å². The number of carboxylic acid groups (broad SMARTS) is 1. The Bertz CT molecular complexity index is 982. The molecule has 144 valence electrons. The monoisotopic (exact) mass is 394 g/mol. The summed E-state index contributed by atoms with van der Waals surface area (Å²) in [6, 6.07) is 1.40. The third-order valence-electron chi connectivity index (χ3n) is 4.57. The molecular formula is C19H20ClFN2O4. The Kier molecular flexibility index (Phi) is 5.24. The number of nitrogens with one attached hydrogen (secondary N) is 1. The van der Waals surface area contributed by atoms with E-state index in [1.165, 1.54) is 12.3 Å². The van der Waals surface area contributed by atoms with E-state index in [1.807, 2.05) is 13.8 Å². The van der Waals surface area contributed by atoms with E-state index in [2.05, 4.69) is 5.32 Å². The van der Waals surface area contributed by atoms with Gasteiger partial charge in [0.2, 0.25) is 5.43 Å². The number of benzene rings is 1. The number of carbonyl (C=O) groups excluding carboxylic acids is 1. The summed E-state index contributed by atoms with van der Waals surface area (Å²) < 4.78 is 15.7. The lowest BCUT2D eigenvalue weighted by atomic mass is 10.0. The number of amides is 1. The Hall–Kier alpha value is -2.41. The predicted molar refractivity (Wildman–Crippen MR) is 99.8 cm³/mol. The van der Waals surface area contributed by atoms with E-state index >= 15 is 0 Å². The van der Waals surface area contributed by atoms with Gasteiger partial charge >= 0.3 is 5.97 Å². The van der Waals surface area contributed by atoms with Gasteiger partial charge in [-0.3, -0.25) is 9.59 Å². The number of aromatic nitrogens is 1. The Balaban J connectivity index is 2.07. The second kappa shape index (κ2) is 7.31. The topological polar surface area (TPSA) is 88.4 Å². The molecule has 8 heteroatoms. The molecule has 3 rings (SSSR count). The molecule has 0 unspecified atom stereocenters. The Morgan fingerprint density at radius 1 is 1.37 bits per heavy atom. The summed E-state index contributed by atoms with van der Waals surface area (Å²) >= 11 is 5.86. The smallest absolute Gasteiger partial charge is 0.326 e. The molecule has 0 saturated heterocycles. The SMILES string of the molecule is CC(C)C[C@@H](NC(=O)c1cn(C2CC2)c2cc(Cl)c(F)cc2c1=O)C(=O)O. The summed E-state index contributed by atoms with van der Waals surface area (Å²) in [5.41, 5.74) is -0.391. The molecule has 1 amide bonds. The van der Waals surface area contributed by atoms with Gasteiger partial charge in [0.05, 0.1) is 10.5 Å². The molecule has 1 aliphatic carbocycles. The van der Waals surface area contributed by atoms with Gasteiger partial charge in [-0.25, -0.2) is 9.18 Å². The van der Waals surface area contributed by atoms with Crippen LogP contribution in [0.15, 0.2) is 23.1 Å².